The second-order valence-corrected chi connectivity index (χ2v) is 11.7. The van der Waals surface area contributed by atoms with E-state index in [4.69, 9.17) is 30.2 Å². The second-order valence-electron chi connectivity index (χ2n) is 10.7. The monoisotopic (exact) mass is 776 g/mol. The Bertz CT molecular complexity index is 3390. The maximum absolute atomic E-state index is 15.6. The molecule has 1 aromatic heterocycles. The van der Waals surface area contributed by atoms with Crippen LogP contribution in [0.15, 0.2) is 100 Å². The summed E-state index contributed by atoms with van der Waals surface area (Å²) in [6.45, 7) is -13.8. The summed E-state index contributed by atoms with van der Waals surface area (Å²) in [4.78, 5) is 29.0. The van der Waals surface area contributed by atoms with Gasteiger partial charge in [0.15, 0.2) is 17.1 Å². The quantitative estimate of drug-likeness (QED) is 0.0938. The molecule has 1 aliphatic rings. The number of pyridine rings is 1. The molecule has 1 saturated heterocycles. The van der Waals surface area contributed by atoms with Gasteiger partial charge in [0.25, 0.3) is 0 Å². The highest BCUT2D eigenvalue weighted by molar-refractivity contribution is 7.98. The summed E-state index contributed by atoms with van der Waals surface area (Å²) in [5.74, 6) is -7.02. The largest absolute Gasteiger partial charge is 0.416 e. The molecule has 0 unspecified atom stereocenters. The molecule has 2 heterocycles. The van der Waals surface area contributed by atoms with Crippen LogP contribution in [0.2, 0.25) is 0 Å². The number of carbonyl (C=O) groups is 1. The van der Waals surface area contributed by atoms with E-state index in [-0.39, 0.29) is 21.6 Å². The normalized spacial score (nSPS) is 26.1. The number of amides is 1. The number of piperidine rings is 1. The van der Waals surface area contributed by atoms with Crippen molar-refractivity contribution in [2.75, 3.05) is 33.2 Å². The summed E-state index contributed by atoms with van der Waals surface area (Å²) < 4.78 is 310. The Hall–Kier alpha value is -4.52. The number of ether oxygens (including phenoxy) is 1. The Morgan fingerprint density at radius 3 is 2.49 bits per heavy atom. The molecule has 0 spiro atoms. The average Bonchev–Trinajstić information content (AvgIpc) is 3.50. The molecule has 0 saturated carbocycles. The average molecular weight is 777 g/mol. The lowest BCUT2D eigenvalue weighted by atomic mass is 9.98. The number of alkyl halides is 3. The molecule has 6 rings (SSSR count). The number of thioether (sulfide) groups is 1. The smallest absolute Gasteiger partial charge is 0.383 e. The summed E-state index contributed by atoms with van der Waals surface area (Å²) in [6, 6.07) is -24.0. The van der Waals surface area contributed by atoms with Crippen molar-refractivity contribution in [1.82, 2.24) is 14.4 Å². The van der Waals surface area contributed by atoms with E-state index in [1.54, 1.807) is 0 Å². The Labute approximate surface area is 347 Å². The first-order chi connectivity index (χ1) is 36.2. The van der Waals surface area contributed by atoms with Gasteiger partial charge in [0.1, 0.15) is 6.54 Å². The third-order valence-corrected chi connectivity index (χ3v) is 8.28. The van der Waals surface area contributed by atoms with Gasteiger partial charge in [-0.05, 0) is 66.1 Å². The number of aromatic nitrogens is 1. The number of fused-ring (bicyclic) bond motifs is 1. The number of rotatable bonds is 12. The molecule has 0 atom stereocenters. The van der Waals surface area contributed by atoms with Gasteiger partial charge in [-0.25, -0.2) is 8.78 Å². The maximum Gasteiger partial charge on any atom is 0.416 e. The molecule has 4 aromatic carbocycles. The lowest BCUT2D eigenvalue weighted by Gasteiger charge is -2.39. The number of hydrogen-bond acceptors (Lipinski definition) is 5. The zero-order valence-electron chi connectivity index (χ0n) is 53.9. The van der Waals surface area contributed by atoms with Crippen molar-refractivity contribution in [1.29, 1.82) is 0 Å². The number of para-hydroxylation sites is 1. The molecule has 278 valence electrons. The lowest BCUT2D eigenvalue weighted by molar-refractivity contribution is -0.138. The minimum Gasteiger partial charge on any atom is -0.383 e. The number of nitrogens with zero attached hydrogens (tertiary/aromatic N) is 3. The molecule has 6 nitrogen and oxygen atoms in total. The molecule has 1 fully saturated rings. The number of methoxy groups -OCH3 is 1. The Kier molecular flexibility index (Phi) is 5.30. The van der Waals surface area contributed by atoms with Crippen LogP contribution in [0.25, 0.3) is 22.0 Å². The summed E-state index contributed by atoms with van der Waals surface area (Å²) in [5.41, 5.74) is -9.82. The fourth-order valence-electron chi connectivity index (χ4n) is 4.72. The van der Waals surface area contributed by atoms with Gasteiger partial charge >= 0.3 is 6.18 Å². The summed E-state index contributed by atoms with van der Waals surface area (Å²) in [5, 5.41) is -2.08. The molecule has 1 amide bonds. The van der Waals surface area contributed by atoms with Crippen LogP contribution in [0.4, 0.5) is 22.0 Å². The lowest BCUT2D eigenvalue weighted by Crippen LogP contribution is -2.48. The Balaban J connectivity index is 1.71. The predicted molar refractivity (Wildman–Crippen MR) is 198 cm³/mol. The number of halogens is 5. The van der Waals surface area contributed by atoms with Gasteiger partial charge in [-0.2, -0.15) is 13.2 Å². The minimum absolute atomic E-state index is 0.0389. The minimum atomic E-state index is -5.33. The highest BCUT2D eigenvalue weighted by atomic mass is 32.2. The van der Waals surface area contributed by atoms with Gasteiger partial charge in [-0.15, -0.1) is 11.8 Å². The number of carbonyl (C=O) groups excluding carboxylic acids is 1. The van der Waals surface area contributed by atoms with Crippen molar-refractivity contribution in [2.24, 2.45) is 0 Å². The molecule has 0 N–H and O–H groups in total. The maximum atomic E-state index is 15.6. The fourth-order valence-corrected chi connectivity index (χ4v) is 5.67. The fraction of sp³-hybridized carbons (Fsp3) is 0.317. The zero-order chi connectivity index (χ0) is 61.3. The van der Waals surface area contributed by atoms with E-state index in [2.05, 4.69) is 4.74 Å². The van der Waals surface area contributed by atoms with Gasteiger partial charge in [0, 0.05) is 72.9 Å². The van der Waals surface area contributed by atoms with Crippen molar-refractivity contribution in [3.8, 4) is 11.1 Å². The van der Waals surface area contributed by atoms with E-state index in [0.29, 0.717) is 11.5 Å². The number of benzene rings is 4. The third kappa shape index (κ3) is 9.00. The molecule has 12 heteroatoms. The molecule has 1 aliphatic heterocycles. The van der Waals surface area contributed by atoms with Gasteiger partial charge in [0.05, 0.1) is 48.8 Å². The molecule has 5 aromatic rings. The number of hydrogen-bond donors (Lipinski definition) is 0. The van der Waals surface area contributed by atoms with Crippen molar-refractivity contribution in [3.63, 3.8) is 0 Å². The standard InChI is InChI=1S/C41H40F5N3O3S/c1-27-22-30(14-15-34(27)41(44,45)46)29-12-10-28(11-13-29)24-48(32-16-18-47(19-17-32)20-21-52-2)38(51)25-49-36-9-4-3-7-33(36)37(50)23-39(49)53-26-31-6-5-8-35(42)40(31)43/h3-15,22-23,32H,16-21,24-26H2,1-2H3/i2D3,3D,4D,5D,6D,7D,8D,9D,10D,11D,12D,13D,14D,15D,16D2,17D2,18D2,19D2,22D,23D,32D. The van der Waals surface area contributed by atoms with E-state index in [0.717, 1.165) is 0 Å². The van der Waals surface area contributed by atoms with Crippen LogP contribution < -0.4 is 5.43 Å². The van der Waals surface area contributed by atoms with Gasteiger partial charge in [-0.3, -0.25) is 9.59 Å². The summed E-state index contributed by atoms with van der Waals surface area (Å²) in [6.07, 6.45) is -14.2. The molecule has 53 heavy (non-hydrogen) atoms. The van der Waals surface area contributed by atoms with Gasteiger partial charge in [0.2, 0.25) is 5.91 Å². The highest BCUT2D eigenvalue weighted by Crippen LogP contribution is 2.34. The van der Waals surface area contributed by atoms with Crippen LogP contribution >= 0.6 is 11.8 Å². The first-order valence-electron chi connectivity index (χ1n) is 28.4. The summed E-state index contributed by atoms with van der Waals surface area (Å²) >= 11 is 0.0389. The highest BCUT2D eigenvalue weighted by Gasteiger charge is 2.32. The Morgan fingerprint density at radius 2 is 1.75 bits per heavy atom. The van der Waals surface area contributed by atoms with Crippen molar-refractivity contribution in [2.45, 2.75) is 55.7 Å². The first-order valence-corrected chi connectivity index (χ1v) is 15.9. The van der Waals surface area contributed by atoms with Crippen LogP contribution in [0.5, 0.6) is 0 Å². The van der Waals surface area contributed by atoms with E-state index in [1.165, 1.54) is 0 Å². The number of likely N-dealkylation sites (tertiary alicyclic amines) is 1. The van der Waals surface area contributed by atoms with Crippen molar-refractivity contribution < 1.29 is 68.5 Å². The third-order valence-electron chi connectivity index (χ3n) is 7.25. The van der Waals surface area contributed by atoms with E-state index in [1.807, 2.05) is 0 Å². The van der Waals surface area contributed by atoms with Crippen molar-refractivity contribution in [3.05, 3.63) is 135 Å². The van der Waals surface area contributed by atoms with Crippen LogP contribution in [0.1, 0.15) is 72.0 Å². The van der Waals surface area contributed by atoms with Crippen LogP contribution in [-0.4, -0.2) is 59.5 Å². The van der Waals surface area contributed by atoms with Gasteiger partial charge < -0.3 is 19.1 Å². The van der Waals surface area contributed by atoms with Crippen LogP contribution in [0.3, 0.4) is 0 Å². The predicted octanol–water partition coefficient (Wildman–Crippen LogP) is 8.71. The zero-order valence-corrected chi connectivity index (χ0v) is 27.7. The topological polar surface area (TPSA) is 54.8 Å². The molecule has 0 bridgehead atoms. The van der Waals surface area contributed by atoms with Crippen LogP contribution in [0, 0.1) is 18.6 Å². The molecule has 0 aliphatic carbocycles. The SMILES string of the molecule is [2H]c1c([2H])c(F)c(F)c(CSc2c([2H])c(=O)c3c([2H])c([2H])c([2H])c([2H])c3n2CC(=O)N(Cc2c([2H])c([2H])c(-c3c([2H])c([2H])c(C(F)(F)F)c(C)c3[2H])c([2H])c2[2H])C2([2H])C([2H])([2H])C([2H])([2H])N(CCOC([2H])([2H])[2H])C([2H])([2H])C2([2H])[2H])c1[2H]. The van der Waals surface area contributed by atoms with E-state index in [9.17, 15) is 29.2 Å². The second kappa shape index (κ2) is 16.7. The van der Waals surface area contributed by atoms with Crippen molar-refractivity contribution >= 4 is 28.6 Å². The first kappa shape index (κ1) is 16.9. The van der Waals surface area contributed by atoms with E-state index >= 15 is 9.18 Å². The molecule has 0 radical (unpaired) electrons. The van der Waals surface area contributed by atoms with E-state index < -0.39 is 240 Å². The van der Waals surface area contributed by atoms with Gasteiger partial charge in [-0.1, -0.05) is 60.4 Å². The Morgan fingerprint density at radius 1 is 1.02 bits per heavy atom. The summed E-state index contributed by atoms with van der Waals surface area (Å²) in [7, 11) is -3.25. The molecular formula is C41H40F5N3O3S. The molecular weight excluding hydrogens is 710 g/mol. The van der Waals surface area contributed by atoms with Crippen LogP contribution in [-0.2, 0) is 34.6 Å².